The molecule has 2 fully saturated rings. The summed E-state index contributed by atoms with van der Waals surface area (Å²) >= 11 is 1.56. The largest absolute Gasteiger partial charge is 0.444 e. The minimum absolute atomic E-state index is 0.125. The molecule has 5 nitrogen and oxygen atoms in total. The Morgan fingerprint density at radius 2 is 1.79 bits per heavy atom. The van der Waals surface area contributed by atoms with Gasteiger partial charge in [-0.3, -0.25) is 4.90 Å². The molecular weight excluding hydrogens is 389 g/mol. The summed E-state index contributed by atoms with van der Waals surface area (Å²) in [5.74, 6) is 0.484. The quantitative estimate of drug-likeness (QED) is 0.674. The summed E-state index contributed by atoms with van der Waals surface area (Å²) in [4.78, 5) is 19.6. The van der Waals surface area contributed by atoms with E-state index >= 15 is 0 Å². The van der Waals surface area contributed by atoms with Gasteiger partial charge >= 0.3 is 6.09 Å². The van der Waals surface area contributed by atoms with E-state index in [1.807, 2.05) is 44.1 Å². The number of hydrogen-bond acceptors (Lipinski definition) is 5. The second kappa shape index (κ2) is 9.56. The predicted octanol–water partition coefficient (Wildman–Crippen LogP) is 4.32. The molecular formula is C22H34FN3O2S. The molecule has 2 heterocycles. The smallest absolute Gasteiger partial charge is 0.410 e. The molecule has 0 saturated carbocycles. The molecule has 7 heteroatoms. The highest BCUT2D eigenvalue weighted by Gasteiger charge is 2.28. The fourth-order valence-electron chi connectivity index (χ4n) is 4.03. The minimum Gasteiger partial charge on any atom is -0.444 e. The molecule has 162 valence electrons. The van der Waals surface area contributed by atoms with E-state index < -0.39 is 5.60 Å². The average Bonchev–Trinajstić information content (AvgIpc) is 2.68. The topological polar surface area (TPSA) is 36.0 Å². The van der Waals surface area contributed by atoms with Crippen LogP contribution in [-0.2, 0) is 4.74 Å². The molecule has 1 aromatic rings. The monoisotopic (exact) mass is 423 g/mol. The van der Waals surface area contributed by atoms with Gasteiger partial charge in [0.05, 0.1) is 5.69 Å². The van der Waals surface area contributed by atoms with Crippen LogP contribution in [0.15, 0.2) is 23.1 Å². The van der Waals surface area contributed by atoms with Crippen molar-refractivity contribution in [3.8, 4) is 0 Å². The molecule has 29 heavy (non-hydrogen) atoms. The first-order chi connectivity index (χ1) is 13.7. The molecule has 0 spiro atoms. The number of carbonyl (C=O) groups excluding carboxylic acids is 1. The summed E-state index contributed by atoms with van der Waals surface area (Å²) in [5.41, 5.74) is 0.274. The standard InChI is InChI=1S/C22H34FN3O2S/c1-22(2,3)28-21(27)26-9-7-17(8-10-26)16-24-11-13-25(14-12-24)20-6-5-18(29-4)15-19(20)23/h5-6,15,17H,7-14,16H2,1-4H3. The molecule has 3 rings (SSSR count). The summed E-state index contributed by atoms with van der Waals surface area (Å²) in [6.07, 6.45) is 3.80. The van der Waals surface area contributed by atoms with E-state index in [-0.39, 0.29) is 11.9 Å². The van der Waals surface area contributed by atoms with E-state index in [4.69, 9.17) is 4.74 Å². The Balaban J connectivity index is 1.42. The Hall–Kier alpha value is -1.47. The number of likely N-dealkylation sites (tertiary alicyclic amines) is 1. The Morgan fingerprint density at radius 3 is 2.34 bits per heavy atom. The van der Waals surface area contributed by atoms with Gasteiger partial charge in [0.2, 0.25) is 0 Å². The Labute approximate surface area is 178 Å². The van der Waals surface area contributed by atoms with Gasteiger partial charge in [-0.15, -0.1) is 11.8 Å². The van der Waals surface area contributed by atoms with Gasteiger partial charge in [0.25, 0.3) is 0 Å². The number of benzene rings is 1. The second-order valence-corrected chi connectivity index (χ2v) is 9.90. The molecule has 0 bridgehead atoms. The summed E-state index contributed by atoms with van der Waals surface area (Å²) in [7, 11) is 0. The number of amides is 1. The summed E-state index contributed by atoms with van der Waals surface area (Å²) < 4.78 is 19.9. The number of rotatable bonds is 4. The lowest BCUT2D eigenvalue weighted by Gasteiger charge is -2.39. The van der Waals surface area contributed by atoms with Gasteiger partial charge in [-0.2, -0.15) is 0 Å². The molecule has 2 aliphatic heterocycles. The van der Waals surface area contributed by atoms with Crippen LogP contribution in [0.3, 0.4) is 0 Å². The van der Waals surface area contributed by atoms with E-state index in [0.717, 1.165) is 63.6 Å². The van der Waals surface area contributed by atoms with E-state index in [1.54, 1.807) is 17.8 Å². The summed E-state index contributed by atoms with van der Waals surface area (Å²) in [5, 5.41) is 0. The van der Waals surface area contributed by atoms with Crippen LogP contribution in [0.1, 0.15) is 33.6 Å². The van der Waals surface area contributed by atoms with Crippen molar-refractivity contribution in [3.63, 3.8) is 0 Å². The van der Waals surface area contributed by atoms with Gasteiger partial charge in [-0.1, -0.05) is 0 Å². The number of ether oxygens (including phenoxy) is 1. The van der Waals surface area contributed by atoms with E-state index in [9.17, 15) is 9.18 Å². The highest BCUT2D eigenvalue weighted by molar-refractivity contribution is 7.98. The lowest BCUT2D eigenvalue weighted by molar-refractivity contribution is 0.0169. The van der Waals surface area contributed by atoms with E-state index in [2.05, 4.69) is 9.80 Å². The van der Waals surface area contributed by atoms with Crippen molar-refractivity contribution < 1.29 is 13.9 Å². The number of carbonyl (C=O) groups is 1. The van der Waals surface area contributed by atoms with Crippen molar-refractivity contribution in [2.24, 2.45) is 5.92 Å². The molecule has 0 aromatic heterocycles. The zero-order valence-electron chi connectivity index (χ0n) is 18.1. The third-order valence-electron chi connectivity index (χ3n) is 5.65. The molecule has 0 radical (unpaired) electrons. The van der Waals surface area contributed by atoms with Gasteiger partial charge in [-0.25, -0.2) is 9.18 Å². The number of nitrogens with zero attached hydrogens (tertiary/aromatic N) is 3. The first-order valence-electron chi connectivity index (χ1n) is 10.5. The normalized spacial score (nSPS) is 19.5. The predicted molar refractivity (Wildman–Crippen MR) is 117 cm³/mol. The number of anilines is 1. The van der Waals surface area contributed by atoms with Crippen LogP contribution in [0.25, 0.3) is 0 Å². The maximum absolute atomic E-state index is 14.4. The van der Waals surface area contributed by atoms with Gasteiger partial charge < -0.3 is 14.5 Å². The number of piperidine rings is 1. The number of halogens is 1. The summed E-state index contributed by atoms with van der Waals surface area (Å²) in [6, 6.07) is 5.53. The highest BCUT2D eigenvalue weighted by Crippen LogP contribution is 2.26. The molecule has 1 aromatic carbocycles. The van der Waals surface area contributed by atoms with Gasteiger partial charge in [0, 0.05) is 50.7 Å². The zero-order valence-corrected chi connectivity index (χ0v) is 18.9. The highest BCUT2D eigenvalue weighted by atomic mass is 32.2. The Morgan fingerprint density at radius 1 is 1.14 bits per heavy atom. The van der Waals surface area contributed by atoms with E-state index in [0.29, 0.717) is 11.6 Å². The third-order valence-corrected chi connectivity index (χ3v) is 6.38. The van der Waals surface area contributed by atoms with Crippen molar-refractivity contribution in [1.29, 1.82) is 0 Å². The molecule has 1 amide bonds. The molecule has 2 aliphatic rings. The van der Waals surface area contributed by atoms with Crippen LogP contribution >= 0.6 is 11.8 Å². The Kier molecular flexibility index (Phi) is 7.32. The van der Waals surface area contributed by atoms with Crippen molar-refractivity contribution in [3.05, 3.63) is 24.0 Å². The molecule has 0 N–H and O–H groups in total. The fourth-order valence-corrected chi connectivity index (χ4v) is 4.46. The van der Waals surface area contributed by atoms with Gasteiger partial charge in [0.15, 0.2) is 0 Å². The van der Waals surface area contributed by atoms with Gasteiger partial charge in [-0.05, 0) is 64.0 Å². The summed E-state index contributed by atoms with van der Waals surface area (Å²) in [6.45, 7) is 11.9. The van der Waals surface area contributed by atoms with Crippen LogP contribution < -0.4 is 4.90 Å². The van der Waals surface area contributed by atoms with E-state index in [1.165, 1.54) is 0 Å². The first-order valence-corrected chi connectivity index (χ1v) is 11.8. The minimum atomic E-state index is -0.442. The molecule has 2 saturated heterocycles. The van der Waals surface area contributed by atoms with Crippen molar-refractivity contribution in [2.45, 2.75) is 44.1 Å². The molecule has 0 aliphatic carbocycles. The lowest BCUT2D eigenvalue weighted by atomic mass is 9.96. The van der Waals surface area contributed by atoms with Crippen molar-refractivity contribution in [1.82, 2.24) is 9.80 Å². The van der Waals surface area contributed by atoms with Crippen molar-refractivity contribution >= 4 is 23.5 Å². The fraction of sp³-hybridized carbons (Fsp3) is 0.682. The third kappa shape index (κ3) is 6.25. The number of hydrogen-bond donors (Lipinski definition) is 0. The van der Waals surface area contributed by atoms with Crippen molar-refractivity contribution in [2.75, 3.05) is 57.0 Å². The second-order valence-electron chi connectivity index (χ2n) is 9.02. The maximum atomic E-state index is 14.4. The number of thioether (sulfide) groups is 1. The van der Waals surface area contributed by atoms with Crippen LogP contribution in [0, 0.1) is 11.7 Å². The maximum Gasteiger partial charge on any atom is 0.410 e. The average molecular weight is 424 g/mol. The molecule has 0 unspecified atom stereocenters. The van der Waals surface area contributed by atoms with Gasteiger partial charge in [0.1, 0.15) is 11.4 Å². The zero-order chi connectivity index (χ0) is 21.0. The van der Waals surface area contributed by atoms with Crippen LogP contribution in [0.2, 0.25) is 0 Å². The molecule has 0 atom stereocenters. The van der Waals surface area contributed by atoms with Crippen LogP contribution in [-0.4, -0.2) is 73.6 Å². The first kappa shape index (κ1) is 22.2. The van der Waals surface area contributed by atoms with Crippen LogP contribution in [0.5, 0.6) is 0 Å². The number of piperazine rings is 1. The Bertz CT molecular complexity index is 694. The lowest BCUT2D eigenvalue weighted by Crippen LogP contribution is -2.49. The van der Waals surface area contributed by atoms with Crippen LogP contribution in [0.4, 0.5) is 14.9 Å². The SMILES string of the molecule is CSc1ccc(N2CCN(CC3CCN(C(=O)OC(C)(C)C)CC3)CC2)c(F)c1.